The van der Waals surface area contributed by atoms with E-state index in [-0.39, 0.29) is 17.5 Å². The van der Waals surface area contributed by atoms with E-state index in [2.05, 4.69) is 18.8 Å². The number of fused-ring (bicyclic) bond motifs is 1. The van der Waals surface area contributed by atoms with Gasteiger partial charge in [-0.1, -0.05) is 13.8 Å². The number of nitrogens with two attached hydrogens (primary N) is 1. The van der Waals surface area contributed by atoms with Crippen molar-refractivity contribution in [3.8, 4) is 0 Å². The van der Waals surface area contributed by atoms with Gasteiger partial charge in [-0.25, -0.2) is 13.8 Å². The monoisotopic (exact) mass is 296 g/mol. The third kappa shape index (κ3) is 3.15. The van der Waals surface area contributed by atoms with Gasteiger partial charge in [-0.2, -0.15) is 0 Å². The van der Waals surface area contributed by atoms with Gasteiger partial charge in [0, 0.05) is 6.54 Å². The first-order valence-corrected chi connectivity index (χ1v) is 7.07. The molecule has 1 heterocycles. The minimum atomic E-state index is -0.885. The number of nitrogens with zero attached hydrogens (tertiary/aromatic N) is 3. The molecule has 0 saturated carbocycles. The number of anilines is 1. The van der Waals surface area contributed by atoms with Gasteiger partial charge in [0.25, 0.3) is 0 Å². The maximum Gasteiger partial charge on any atom is 0.201 e. The lowest BCUT2D eigenvalue weighted by molar-refractivity contribution is 0.293. The number of likely N-dealkylation sites (N-methyl/N-ethyl adjacent to an activating group) is 1. The number of aromatic nitrogens is 2. The number of hydrogen-bond acceptors (Lipinski definition) is 3. The van der Waals surface area contributed by atoms with Crippen molar-refractivity contribution in [3.05, 3.63) is 23.8 Å². The van der Waals surface area contributed by atoms with Crippen molar-refractivity contribution in [2.24, 2.45) is 5.92 Å². The van der Waals surface area contributed by atoms with Crippen LogP contribution in [0.3, 0.4) is 0 Å². The van der Waals surface area contributed by atoms with E-state index >= 15 is 0 Å². The van der Waals surface area contributed by atoms with Crippen LogP contribution in [-0.4, -0.2) is 35.1 Å². The van der Waals surface area contributed by atoms with Crippen molar-refractivity contribution in [1.82, 2.24) is 14.5 Å². The summed E-state index contributed by atoms with van der Waals surface area (Å²) in [6.07, 6.45) is 0.809. The molecule has 0 spiro atoms. The van der Waals surface area contributed by atoms with Crippen LogP contribution in [0.5, 0.6) is 0 Å². The Kier molecular flexibility index (Phi) is 4.46. The van der Waals surface area contributed by atoms with Crippen LogP contribution in [0.2, 0.25) is 0 Å². The van der Waals surface area contributed by atoms with E-state index in [1.165, 1.54) is 6.07 Å². The summed E-state index contributed by atoms with van der Waals surface area (Å²) >= 11 is 0. The summed E-state index contributed by atoms with van der Waals surface area (Å²) in [4.78, 5) is 6.18. The van der Waals surface area contributed by atoms with Crippen LogP contribution in [0.1, 0.15) is 26.3 Å². The zero-order valence-electron chi connectivity index (χ0n) is 12.9. The van der Waals surface area contributed by atoms with Crippen LogP contribution in [0, 0.1) is 17.6 Å². The fraction of sp³-hybridized carbons (Fsp3) is 0.533. The van der Waals surface area contributed by atoms with E-state index in [0.29, 0.717) is 18.0 Å². The highest BCUT2D eigenvalue weighted by molar-refractivity contribution is 5.79. The second-order valence-corrected chi connectivity index (χ2v) is 6.11. The van der Waals surface area contributed by atoms with E-state index in [1.807, 2.05) is 19.0 Å². The smallest absolute Gasteiger partial charge is 0.201 e. The zero-order valence-corrected chi connectivity index (χ0v) is 12.9. The maximum atomic E-state index is 14.2. The minimum Gasteiger partial charge on any atom is -0.369 e. The van der Waals surface area contributed by atoms with E-state index in [1.54, 1.807) is 4.57 Å². The van der Waals surface area contributed by atoms with Gasteiger partial charge >= 0.3 is 0 Å². The molecule has 1 atom stereocenters. The molecular formula is C15H22F2N4. The Hall–Kier alpha value is -1.69. The van der Waals surface area contributed by atoms with Crippen LogP contribution in [0.25, 0.3) is 11.0 Å². The number of hydrogen-bond donors (Lipinski definition) is 1. The lowest BCUT2D eigenvalue weighted by Crippen LogP contribution is -2.26. The van der Waals surface area contributed by atoms with Crippen molar-refractivity contribution >= 4 is 17.0 Å². The molecule has 0 saturated heterocycles. The normalized spacial score (nSPS) is 13.5. The van der Waals surface area contributed by atoms with Crippen LogP contribution in [0.15, 0.2) is 12.1 Å². The Morgan fingerprint density at radius 1 is 1.29 bits per heavy atom. The predicted octanol–water partition coefficient (Wildman–Crippen LogP) is 3.05. The van der Waals surface area contributed by atoms with Gasteiger partial charge in [0.2, 0.25) is 5.95 Å². The zero-order chi connectivity index (χ0) is 15.7. The van der Waals surface area contributed by atoms with Crippen LogP contribution in [0.4, 0.5) is 14.7 Å². The average molecular weight is 296 g/mol. The summed E-state index contributed by atoms with van der Waals surface area (Å²) in [5, 5.41) is 0. The van der Waals surface area contributed by atoms with Gasteiger partial charge in [-0.05, 0) is 38.6 Å². The summed E-state index contributed by atoms with van der Waals surface area (Å²) in [6.45, 7) is 4.87. The van der Waals surface area contributed by atoms with E-state index in [9.17, 15) is 8.78 Å². The quantitative estimate of drug-likeness (QED) is 0.922. The van der Waals surface area contributed by atoms with Crippen molar-refractivity contribution in [2.45, 2.75) is 26.3 Å². The van der Waals surface area contributed by atoms with Gasteiger partial charge in [0.15, 0.2) is 11.6 Å². The molecule has 0 radical (unpaired) electrons. The van der Waals surface area contributed by atoms with Gasteiger partial charge in [-0.3, -0.25) is 0 Å². The number of rotatable bonds is 5. The molecule has 0 bridgehead atoms. The molecular weight excluding hydrogens is 274 g/mol. The molecule has 0 aliphatic carbocycles. The molecule has 2 aromatic rings. The molecule has 116 valence electrons. The maximum absolute atomic E-state index is 14.2. The first-order valence-electron chi connectivity index (χ1n) is 7.07. The largest absolute Gasteiger partial charge is 0.369 e. The van der Waals surface area contributed by atoms with E-state index < -0.39 is 11.6 Å². The van der Waals surface area contributed by atoms with Gasteiger partial charge in [0.05, 0.1) is 11.6 Å². The number of imidazole rings is 1. The van der Waals surface area contributed by atoms with Gasteiger partial charge < -0.3 is 15.2 Å². The molecule has 0 aliphatic rings. The number of nitrogen functional groups attached to an aromatic ring is 1. The molecule has 1 aromatic heterocycles. The molecule has 0 amide bonds. The molecule has 1 unspecified atom stereocenters. The topological polar surface area (TPSA) is 47.1 Å². The molecule has 2 N–H and O–H groups in total. The Morgan fingerprint density at radius 3 is 2.52 bits per heavy atom. The third-order valence-electron chi connectivity index (χ3n) is 3.45. The molecule has 0 fully saturated rings. The van der Waals surface area contributed by atoms with Crippen LogP contribution < -0.4 is 5.73 Å². The first kappa shape index (κ1) is 15.7. The molecule has 21 heavy (non-hydrogen) atoms. The highest BCUT2D eigenvalue weighted by atomic mass is 19.2. The fourth-order valence-electron chi connectivity index (χ4n) is 2.74. The summed E-state index contributed by atoms with van der Waals surface area (Å²) in [6, 6.07) is 2.49. The van der Waals surface area contributed by atoms with Gasteiger partial charge in [-0.15, -0.1) is 0 Å². The Bertz CT molecular complexity index is 624. The van der Waals surface area contributed by atoms with Crippen molar-refractivity contribution in [2.75, 3.05) is 26.4 Å². The molecule has 6 heteroatoms. The minimum absolute atomic E-state index is 0.0544. The van der Waals surface area contributed by atoms with E-state index in [0.717, 1.165) is 12.5 Å². The summed E-state index contributed by atoms with van der Waals surface area (Å²) in [5.74, 6) is -1.13. The SMILES string of the molecule is CC(C)CC(CN(C)C)n1c(N)nc2ccc(F)c(F)c21. The van der Waals surface area contributed by atoms with Gasteiger partial charge in [0.1, 0.15) is 5.52 Å². The van der Waals surface area contributed by atoms with E-state index in [4.69, 9.17) is 5.73 Å². The number of halogens is 2. The standard InChI is InChI=1S/C15H22F2N4/c1-9(2)7-10(8-20(3)4)21-14-12(19-15(21)18)6-5-11(16)13(14)17/h5-6,9-10H,7-8H2,1-4H3,(H2,18,19). The summed E-state index contributed by atoms with van der Waals surface area (Å²) < 4.78 is 29.4. The third-order valence-corrected chi connectivity index (χ3v) is 3.45. The highest BCUT2D eigenvalue weighted by Crippen LogP contribution is 2.30. The Morgan fingerprint density at radius 2 is 1.95 bits per heavy atom. The van der Waals surface area contributed by atoms with Crippen molar-refractivity contribution in [3.63, 3.8) is 0 Å². The molecule has 1 aromatic carbocycles. The fourth-order valence-corrected chi connectivity index (χ4v) is 2.74. The van der Waals surface area contributed by atoms with Crippen molar-refractivity contribution < 1.29 is 8.78 Å². The molecule has 0 aliphatic heterocycles. The van der Waals surface area contributed by atoms with Crippen LogP contribution >= 0.6 is 0 Å². The summed E-state index contributed by atoms with van der Waals surface area (Å²) in [5.41, 5.74) is 6.51. The second kappa shape index (κ2) is 5.97. The first-order chi connectivity index (χ1) is 9.81. The average Bonchev–Trinajstić information content (AvgIpc) is 2.69. The highest BCUT2D eigenvalue weighted by Gasteiger charge is 2.23. The second-order valence-electron chi connectivity index (χ2n) is 6.11. The van der Waals surface area contributed by atoms with Crippen molar-refractivity contribution in [1.29, 1.82) is 0 Å². The Labute approximate surface area is 123 Å². The predicted molar refractivity (Wildman–Crippen MR) is 81.1 cm³/mol. The lowest BCUT2D eigenvalue weighted by atomic mass is 10.0. The summed E-state index contributed by atoms with van der Waals surface area (Å²) in [7, 11) is 3.89. The molecule has 4 nitrogen and oxygen atoms in total. The lowest BCUT2D eigenvalue weighted by Gasteiger charge is -2.25. The number of benzene rings is 1. The molecule has 2 rings (SSSR count). The van der Waals surface area contributed by atoms with Crippen LogP contribution in [-0.2, 0) is 0 Å². The Balaban J connectivity index is 2.60.